The van der Waals surface area contributed by atoms with Gasteiger partial charge in [0.1, 0.15) is 0 Å². The fraction of sp³-hybridized carbons (Fsp3) is 0.438. The Bertz CT molecular complexity index is 711. The smallest absolute Gasteiger partial charge is 0.227 e. The highest BCUT2D eigenvalue weighted by atomic mass is 35.5. The van der Waals surface area contributed by atoms with E-state index in [0.717, 1.165) is 42.2 Å². The number of benzene rings is 1. The summed E-state index contributed by atoms with van der Waals surface area (Å²) in [5, 5.41) is 1.91. The Labute approximate surface area is 128 Å². The third kappa shape index (κ3) is 2.01. The van der Waals surface area contributed by atoms with Crippen LogP contribution in [0.2, 0.25) is 5.02 Å². The number of halogens is 1. The number of nitrogens with zero attached hydrogens (tertiary/aromatic N) is 2. The van der Waals surface area contributed by atoms with Gasteiger partial charge >= 0.3 is 0 Å². The highest BCUT2D eigenvalue weighted by Crippen LogP contribution is 2.35. The number of aromatic amines is 1. The van der Waals surface area contributed by atoms with Crippen molar-refractivity contribution < 1.29 is 4.79 Å². The van der Waals surface area contributed by atoms with Crippen LogP contribution in [0, 0.1) is 5.92 Å². The minimum atomic E-state index is 0.113. The molecule has 110 valence electrons. The summed E-state index contributed by atoms with van der Waals surface area (Å²) in [6.45, 7) is 1.68. The molecule has 0 saturated carbocycles. The van der Waals surface area contributed by atoms with Crippen molar-refractivity contribution in [2.75, 3.05) is 25.0 Å². The third-order valence-corrected chi connectivity index (χ3v) is 5.14. The number of nitrogens with one attached hydrogen (secondary N) is 1. The number of amides is 1. The van der Waals surface area contributed by atoms with Crippen molar-refractivity contribution in [2.24, 2.45) is 5.92 Å². The molecule has 0 spiro atoms. The van der Waals surface area contributed by atoms with Crippen molar-refractivity contribution >= 4 is 34.1 Å². The van der Waals surface area contributed by atoms with Crippen molar-refractivity contribution in [1.82, 2.24) is 9.88 Å². The number of carbonyl (C=O) groups is 1. The van der Waals surface area contributed by atoms with Crippen molar-refractivity contribution in [3.63, 3.8) is 0 Å². The van der Waals surface area contributed by atoms with E-state index in [1.165, 1.54) is 5.39 Å². The quantitative estimate of drug-likeness (QED) is 0.880. The van der Waals surface area contributed by atoms with Gasteiger partial charge in [0, 0.05) is 54.0 Å². The summed E-state index contributed by atoms with van der Waals surface area (Å²) in [6, 6.07) is 6.36. The Kier molecular flexibility index (Phi) is 2.89. The Morgan fingerprint density at radius 2 is 2.14 bits per heavy atom. The molecular formula is C16H18ClN3O. The number of fused-ring (bicyclic) bond motifs is 5. The highest BCUT2D eigenvalue weighted by molar-refractivity contribution is 6.31. The van der Waals surface area contributed by atoms with E-state index in [0.29, 0.717) is 11.9 Å². The number of hydrogen-bond acceptors (Lipinski definition) is 2. The average Bonchev–Trinajstić information content (AvgIpc) is 2.76. The summed E-state index contributed by atoms with van der Waals surface area (Å²) in [7, 11) is 1.94. The van der Waals surface area contributed by atoms with Gasteiger partial charge in [0.25, 0.3) is 0 Å². The first-order chi connectivity index (χ1) is 10.1. The van der Waals surface area contributed by atoms with Crippen LogP contribution in [0.15, 0.2) is 24.4 Å². The Balaban J connectivity index is 1.79. The molecule has 1 aromatic carbocycles. The minimum absolute atomic E-state index is 0.113. The number of aromatic nitrogens is 1. The third-order valence-electron chi connectivity index (χ3n) is 4.92. The van der Waals surface area contributed by atoms with Crippen LogP contribution in [-0.2, 0) is 4.79 Å². The van der Waals surface area contributed by atoms with Gasteiger partial charge in [-0.15, -0.1) is 0 Å². The van der Waals surface area contributed by atoms with Gasteiger partial charge < -0.3 is 14.8 Å². The molecular weight excluding hydrogens is 286 g/mol. The van der Waals surface area contributed by atoms with Crippen LogP contribution in [0.5, 0.6) is 0 Å². The lowest BCUT2D eigenvalue weighted by Crippen LogP contribution is -2.45. The molecule has 1 amide bonds. The minimum Gasteiger partial charge on any atom is -0.368 e. The summed E-state index contributed by atoms with van der Waals surface area (Å²) in [5.74, 6) is 0.405. The highest BCUT2D eigenvalue weighted by Gasteiger charge is 2.39. The lowest BCUT2D eigenvalue weighted by atomic mass is 9.95. The zero-order valence-corrected chi connectivity index (χ0v) is 12.7. The van der Waals surface area contributed by atoms with Gasteiger partial charge in [-0.3, -0.25) is 4.79 Å². The number of likely N-dealkylation sites (N-methyl/N-ethyl adjacent to an activating group) is 1. The first-order valence-corrected chi connectivity index (χ1v) is 7.79. The summed E-state index contributed by atoms with van der Waals surface area (Å²) < 4.78 is 0. The van der Waals surface area contributed by atoms with Crippen LogP contribution in [-0.4, -0.2) is 42.0 Å². The van der Waals surface area contributed by atoms with Crippen LogP contribution in [0.25, 0.3) is 10.9 Å². The molecule has 3 fully saturated rings. The van der Waals surface area contributed by atoms with Crippen LogP contribution >= 0.6 is 11.6 Å². The first-order valence-electron chi connectivity index (χ1n) is 7.42. The largest absolute Gasteiger partial charge is 0.368 e. The van der Waals surface area contributed by atoms with Crippen molar-refractivity contribution in [2.45, 2.75) is 18.9 Å². The van der Waals surface area contributed by atoms with E-state index in [-0.39, 0.29) is 5.92 Å². The molecule has 2 atom stereocenters. The molecule has 0 aliphatic carbocycles. The predicted octanol–water partition coefficient (Wildman–Crippen LogP) is 2.88. The number of anilines is 1. The number of carbonyl (C=O) groups excluding carboxylic acids is 1. The SMILES string of the molecule is CN1C(=O)[C@@H]2CC[C@H]1CN(c1cc(Cl)cc3[nH]ccc13)C2. The van der Waals surface area contributed by atoms with E-state index in [2.05, 4.69) is 16.0 Å². The number of rotatable bonds is 1. The molecule has 1 aromatic heterocycles. The topological polar surface area (TPSA) is 39.3 Å². The van der Waals surface area contributed by atoms with Crippen LogP contribution in [0.3, 0.4) is 0 Å². The summed E-state index contributed by atoms with van der Waals surface area (Å²) in [6.07, 6.45) is 4.04. The van der Waals surface area contributed by atoms with Crippen molar-refractivity contribution in [1.29, 1.82) is 0 Å². The Morgan fingerprint density at radius 3 is 3.00 bits per heavy atom. The van der Waals surface area contributed by atoms with E-state index in [4.69, 9.17) is 11.6 Å². The molecule has 4 heterocycles. The molecule has 2 aromatic rings. The molecule has 21 heavy (non-hydrogen) atoms. The van der Waals surface area contributed by atoms with Crippen molar-refractivity contribution in [3.05, 3.63) is 29.4 Å². The molecule has 2 bridgehead atoms. The summed E-state index contributed by atoms with van der Waals surface area (Å²) in [4.78, 5) is 19.8. The monoisotopic (exact) mass is 303 g/mol. The molecule has 4 nitrogen and oxygen atoms in total. The molecule has 3 saturated heterocycles. The normalized spacial score (nSPS) is 25.7. The van der Waals surface area contributed by atoms with Crippen LogP contribution < -0.4 is 4.90 Å². The molecule has 3 aliphatic rings. The Hall–Kier alpha value is -1.68. The van der Waals surface area contributed by atoms with Crippen LogP contribution in [0.1, 0.15) is 12.8 Å². The second kappa shape index (κ2) is 4.67. The number of H-pyrrole nitrogens is 1. The van der Waals surface area contributed by atoms with Crippen molar-refractivity contribution in [3.8, 4) is 0 Å². The zero-order chi connectivity index (χ0) is 14.6. The maximum atomic E-state index is 12.3. The van der Waals surface area contributed by atoms with Crippen LogP contribution in [0.4, 0.5) is 5.69 Å². The summed E-state index contributed by atoms with van der Waals surface area (Å²) >= 11 is 6.26. The van der Waals surface area contributed by atoms with Gasteiger partial charge in [0.05, 0.1) is 5.92 Å². The zero-order valence-electron chi connectivity index (χ0n) is 12.0. The van der Waals surface area contributed by atoms with E-state index < -0.39 is 0 Å². The standard InChI is InChI=1S/C16H18ClN3O/c1-19-12-3-2-10(16(19)21)8-20(9-12)15-7-11(17)6-14-13(15)4-5-18-14/h4-7,10,12,18H,2-3,8-9H2,1H3/t10-,12+/m1/s1. The van der Waals surface area contributed by atoms with Gasteiger partial charge in [0.15, 0.2) is 0 Å². The average molecular weight is 304 g/mol. The maximum Gasteiger partial charge on any atom is 0.227 e. The lowest BCUT2D eigenvalue weighted by molar-refractivity contribution is -0.138. The number of piperidine rings is 1. The molecule has 0 radical (unpaired) electrons. The molecule has 5 heteroatoms. The Morgan fingerprint density at radius 1 is 1.29 bits per heavy atom. The molecule has 0 unspecified atom stereocenters. The van der Waals surface area contributed by atoms with Gasteiger partial charge in [0.2, 0.25) is 5.91 Å². The summed E-state index contributed by atoms with van der Waals surface area (Å²) in [5.41, 5.74) is 2.19. The molecule has 1 N–H and O–H groups in total. The molecule has 3 aliphatic heterocycles. The first kappa shape index (κ1) is 13.0. The maximum absolute atomic E-state index is 12.3. The van der Waals surface area contributed by atoms with E-state index >= 15 is 0 Å². The van der Waals surface area contributed by atoms with E-state index in [1.54, 1.807) is 0 Å². The van der Waals surface area contributed by atoms with Gasteiger partial charge in [-0.1, -0.05) is 11.6 Å². The lowest BCUT2D eigenvalue weighted by Gasteiger charge is -2.32. The van der Waals surface area contributed by atoms with Gasteiger partial charge in [-0.2, -0.15) is 0 Å². The number of hydrogen-bond donors (Lipinski definition) is 1. The van der Waals surface area contributed by atoms with E-state index in [1.807, 2.05) is 30.3 Å². The van der Waals surface area contributed by atoms with E-state index in [9.17, 15) is 4.79 Å². The fourth-order valence-electron chi connectivity index (χ4n) is 3.73. The van der Waals surface area contributed by atoms with Gasteiger partial charge in [-0.05, 0) is 31.0 Å². The predicted molar refractivity (Wildman–Crippen MR) is 84.8 cm³/mol. The van der Waals surface area contributed by atoms with Gasteiger partial charge in [-0.25, -0.2) is 0 Å². The molecule has 5 rings (SSSR count). The second-order valence-corrected chi connectivity index (χ2v) is 6.58. The second-order valence-electron chi connectivity index (χ2n) is 6.15. The fourth-order valence-corrected chi connectivity index (χ4v) is 3.94.